The summed E-state index contributed by atoms with van der Waals surface area (Å²) in [6, 6.07) is 7.11. The van der Waals surface area contributed by atoms with Crippen LogP contribution in [0.25, 0.3) is 11.3 Å². The molecular formula is C27H31F2N5O. The van der Waals surface area contributed by atoms with E-state index in [0.717, 1.165) is 11.3 Å². The van der Waals surface area contributed by atoms with Crippen molar-refractivity contribution in [3.8, 4) is 11.3 Å². The summed E-state index contributed by atoms with van der Waals surface area (Å²) in [5.41, 5.74) is 3.29. The van der Waals surface area contributed by atoms with E-state index < -0.39 is 17.7 Å². The molecule has 184 valence electrons. The number of hydrogen-bond acceptors (Lipinski definition) is 5. The highest BCUT2D eigenvalue weighted by atomic mass is 19.1. The van der Waals surface area contributed by atoms with Crippen LogP contribution in [0.5, 0.6) is 0 Å². The first-order valence-electron chi connectivity index (χ1n) is 11.8. The molecule has 0 saturated heterocycles. The monoisotopic (exact) mass is 479 g/mol. The van der Waals surface area contributed by atoms with E-state index in [2.05, 4.69) is 20.6 Å². The van der Waals surface area contributed by atoms with Crippen LogP contribution in [-0.4, -0.2) is 32.9 Å². The molecule has 0 unspecified atom stereocenters. The average molecular weight is 480 g/mol. The van der Waals surface area contributed by atoms with Gasteiger partial charge in [-0.2, -0.15) is 0 Å². The topological polar surface area (TPSA) is 70.2 Å². The van der Waals surface area contributed by atoms with Gasteiger partial charge in [0.15, 0.2) is 0 Å². The van der Waals surface area contributed by atoms with Gasteiger partial charge in [0.05, 0.1) is 18.3 Å². The molecular weight excluding hydrogens is 448 g/mol. The van der Waals surface area contributed by atoms with E-state index in [0.29, 0.717) is 35.9 Å². The van der Waals surface area contributed by atoms with Crippen LogP contribution < -0.4 is 10.6 Å². The van der Waals surface area contributed by atoms with Crippen molar-refractivity contribution >= 4 is 17.4 Å². The summed E-state index contributed by atoms with van der Waals surface area (Å²) >= 11 is 0. The first-order chi connectivity index (χ1) is 16.5. The maximum Gasteiger partial charge on any atom is 0.254 e. The number of aryl methyl sites for hydroxylation is 1. The molecule has 4 rings (SSSR count). The van der Waals surface area contributed by atoms with Crippen LogP contribution in [0.3, 0.4) is 0 Å². The van der Waals surface area contributed by atoms with Crippen molar-refractivity contribution in [1.29, 1.82) is 0 Å². The third-order valence-corrected chi connectivity index (χ3v) is 5.96. The fourth-order valence-corrected chi connectivity index (χ4v) is 4.35. The largest absolute Gasteiger partial charge is 0.380 e. The number of amides is 1. The van der Waals surface area contributed by atoms with Crippen LogP contribution in [0.15, 0.2) is 36.5 Å². The van der Waals surface area contributed by atoms with Gasteiger partial charge >= 0.3 is 0 Å². The Morgan fingerprint density at radius 2 is 1.86 bits per heavy atom. The number of rotatable bonds is 6. The van der Waals surface area contributed by atoms with Crippen molar-refractivity contribution in [3.05, 3.63) is 70.5 Å². The van der Waals surface area contributed by atoms with Gasteiger partial charge < -0.3 is 15.5 Å². The maximum absolute atomic E-state index is 15.3. The summed E-state index contributed by atoms with van der Waals surface area (Å²) in [4.78, 5) is 23.0. The summed E-state index contributed by atoms with van der Waals surface area (Å²) in [5.74, 6) is -0.656. The fraction of sp³-hybridized carbons (Fsp3) is 0.370. The van der Waals surface area contributed by atoms with Crippen molar-refractivity contribution < 1.29 is 13.6 Å². The Hall–Kier alpha value is -3.55. The molecule has 2 N–H and O–H groups in total. The Morgan fingerprint density at radius 3 is 2.54 bits per heavy atom. The van der Waals surface area contributed by atoms with E-state index in [-0.39, 0.29) is 22.6 Å². The minimum absolute atomic E-state index is 0.0480. The highest BCUT2D eigenvalue weighted by Crippen LogP contribution is 2.33. The lowest BCUT2D eigenvalue weighted by molar-refractivity contribution is 0.0787. The van der Waals surface area contributed by atoms with E-state index in [4.69, 9.17) is 0 Å². The number of benzene rings is 1. The van der Waals surface area contributed by atoms with Gasteiger partial charge in [0.2, 0.25) is 0 Å². The second-order valence-electron chi connectivity index (χ2n) is 9.98. The molecule has 0 radical (unpaired) electrons. The number of anilines is 2. The number of aromatic nitrogens is 2. The van der Waals surface area contributed by atoms with Crippen LogP contribution in [-0.2, 0) is 6.54 Å². The van der Waals surface area contributed by atoms with E-state index in [9.17, 15) is 4.79 Å². The minimum Gasteiger partial charge on any atom is -0.380 e. The molecule has 0 saturated carbocycles. The number of halogens is 2. The minimum atomic E-state index is -0.577. The van der Waals surface area contributed by atoms with E-state index in [1.165, 1.54) is 12.1 Å². The summed E-state index contributed by atoms with van der Waals surface area (Å²) in [6.45, 7) is 12.6. The SMILES string of the molecule is CCN1Cc2c(ccnc2N[C@@H](C)c2cc(F)c(-c3cc(NC(C)(C)C)cc(C)n3)cc2F)C1=O. The number of nitrogens with zero attached hydrogens (tertiary/aromatic N) is 3. The molecule has 0 bridgehead atoms. The first-order valence-corrected chi connectivity index (χ1v) is 11.8. The van der Waals surface area contributed by atoms with Crippen LogP contribution in [0.2, 0.25) is 0 Å². The zero-order chi connectivity index (χ0) is 25.5. The normalized spacial score (nSPS) is 14.2. The zero-order valence-corrected chi connectivity index (χ0v) is 21.0. The lowest BCUT2D eigenvalue weighted by atomic mass is 10.0. The number of carbonyl (C=O) groups excluding carboxylic acids is 1. The van der Waals surface area contributed by atoms with Crippen LogP contribution in [0.1, 0.15) is 67.8 Å². The quantitative estimate of drug-likeness (QED) is 0.448. The van der Waals surface area contributed by atoms with Crippen molar-refractivity contribution in [2.45, 2.75) is 59.7 Å². The highest BCUT2D eigenvalue weighted by molar-refractivity contribution is 5.99. The predicted octanol–water partition coefficient (Wildman–Crippen LogP) is 6.09. The second-order valence-corrected chi connectivity index (χ2v) is 9.98. The molecule has 1 aliphatic rings. The Labute approximate surface area is 204 Å². The van der Waals surface area contributed by atoms with Gasteiger partial charge in [0, 0.05) is 51.9 Å². The summed E-state index contributed by atoms with van der Waals surface area (Å²) < 4.78 is 30.5. The molecule has 3 aromatic rings. The van der Waals surface area contributed by atoms with Gasteiger partial charge in [-0.15, -0.1) is 0 Å². The van der Waals surface area contributed by atoms with Gasteiger partial charge in [-0.1, -0.05) is 0 Å². The molecule has 8 heteroatoms. The molecule has 1 atom stereocenters. The number of nitrogens with one attached hydrogen (secondary N) is 2. The summed E-state index contributed by atoms with van der Waals surface area (Å²) in [5, 5.41) is 6.53. The summed E-state index contributed by atoms with van der Waals surface area (Å²) in [7, 11) is 0. The lowest BCUT2D eigenvalue weighted by Crippen LogP contribution is -2.26. The number of hydrogen-bond donors (Lipinski definition) is 2. The molecule has 1 aliphatic heterocycles. The number of carbonyl (C=O) groups is 1. The number of fused-ring (bicyclic) bond motifs is 1. The molecule has 2 aromatic heterocycles. The van der Waals surface area contributed by atoms with Gasteiger partial charge in [-0.3, -0.25) is 9.78 Å². The van der Waals surface area contributed by atoms with Crippen molar-refractivity contribution in [2.24, 2.45) is 0 Å². The standard InChI is InChI=1S/C27H31F2N5O/c1-7-34-14-21-18(26(34)35)8-9-30-25(21)32-16(3)19-12-23(29)20(13-22(19)28)24-11-17(10-15(2)31-24)33-27(4,5)6/h8-13,16H,7,14H2,1-6H3,(H,30,32)(H,31,33)/t16-/m0/s1. The molecule has 0 spiro atoms. The third-order valence-electron chi connectivity index (χ3n) is 5.96. The summed E-state index contributed by atoms with van der Waals surface area (Å²) in [6.07, 6.45) is 1.55. The number of pyridine rings is 2. The third kappa shape index (κ3) is 5.11. The Balaban J connectivity index is 1.63. The molecule has 3 heterocycles. The van der Waals surface area contributed by atoms with Gasteiger partial charge in [-0.25, -0.2) is 13.8 Å². The Kier molecular flexibility index (Phi) is 6.49. The first kappa shape index (κ1) is 24.6. The van der Waals surface area contributed by atoms with Crippen LogP contribution in [0.4, 0.5) is 20.3 Å². The molecule has 35 heavy (non-hydrogen) atoms. The Bertz CT molecular complexity index is 1290. The molecule has 1 aromatic carbocycles. The van der Waals surface area contributed by atoms with Gasteiger partial charge in [0.25, 0.3) is 5.91 Å². The fourth-order valence-electron chi connectivity index (χ4n) is 4.35. The van der Waals surface area contributed by atoms with Gasteiger partial charge in [0.1, 0.15) is 17.5 Å². The van der Waals surface area contributed by atoms with Crippen LogP contribution >= 0.6 is 0 Å². The molecule has 0 aliphatic carbocycles. The van der Waals surface area contributed by atoms with Crippen molar-refractivity contribution in [1.82, 2.24) is 14.9 Å². The van der Waals surface area contributed by atoms with Crippen molar-refractivity contribution in [2.75, 3.05) is 17.2 Å². The van der Waals surface area contributed by atoms with Gasteiger partial charge in [-0.05, 0) is 71.9 Å². The maximum atomic E-state index is 15.3. The average Bonchev–Trinajstić information content (AvgIpc) is 3.10. The lowest BCUT2D eigenvalue weighted by Gasteiger charge is -2.23. The molecule has 6 nitrogen and oxygen atoms in total. The molecule has 1 amide bonds. The Morgan fingerprint density at radius 1 is 1.11 bits per heavy atom. The van der Waals surface area contributed by atoms with E-state index in [1.807, 2.05) is 40.7 Å². The smallest absolute Gasteiger partial charge is 0.254 e. The second kappa shape index (κ2) is 9.24. The predicted molar refractivity (Wildman–Crippen MR) is 134 cm³/mol. The highest BCUT2D eigenvalue weighted by Gasteiger charge is 2.29. The zero-order valence-electron chi connectivity index (χ0n) is 21.0. The van der Waals surface area contributed by atoms with E-state index >= 15 is 8.78 Å². The van der Waals surface area contributed by atoms with Crippen LogP contribution in [0, 0.1) is 18.6 Å². The molecule has 0 fully saturated rings. The van der Waals surface area contributed by atoms with E-state index in [1.54, 1.807) is 30.2 Å². The van der Waals surface area contributed by atoms with Crippen molar-refractivity contribution in [3.63, 3.8) is 0 Å².